The van der Waals surface area contributed by atoms with Crippen LogP contribution in [0.4, 0.5) is 0 Å². The standard InChI is InChI=1S/C9H12ClN3/c1-7-3-2-4-8(13-7)6-12-9(11)5-10/h2-4H,5-6H2,1H3,(H2,11,12). The van der Waals surface area contributed by atoms with E-state index in [0.717, 1.165) is 11.4 Å². The third-order valence-corrected chi connectivity index (χ3v) is 1.80. The molecular weight excluding hydrogens is 186 g/mol. The van der Waals surface area contributed by atoms with E-state index in [2.05, 4.69) is 9.98 Å². The molecule has 0 fully saturated rings. The Hall–Kier alpha value is -1.09. The van der Waals surface area contributed by atoms with Gasteiger partial charge in [-0.15, -0.1) is 11.6 Å². The molecule has 70 valence electrons. The molecule has 3 nitrogen and oxygen atoms in total. The second-order valence-electron chi connectivity index (χ2n) is 2.71. The molecule has 1 aromatic heterocycles. The van der Waals surface area contributed by atoms with Crippen LogP contribution in [0.3, 0.4) is 0 Å². The second kappa shape index (κ2) is 4.82. The molecule has 0 aliphatic heterocycles. The number of aliphatic imine (C=N–C) groups is 1. The average molecular weight is 198 g/mol. The van der Waals surface area contributed by atoms with E-state index in [0.29, 0.717) is 12.4 Å². The number of aromatic nitrogens is 1. The van der Waals surface area contributed by atoms with Crippen LogP contribution in [0.1, 0.15) is 11.4 Å². The first-order valence-corrected chi connectivity index (χ1v) is 4.53. The summed E-state index contributed by atoms with van der Waals surface area (Å²) in [6.07, 6.45) is 0. The fraction of sp³-hybridized carbons (Fsp3) is 0.333. The van der Waals surface area contributed by atoms with Gasteiger partial charge in [-0.3, -0.25) is 9.98 Å². The zero-order chi connectivity index (χ0) is 9.68. The molecule has 1 heterocycles. The summed E-state index contributed by atoms with van der Waals surface area (Å²) < 4.78 is 0. The fourth-order valence-electron chi connectivity index (χ4n) is 0.912. The van der Waals surface area contributed by atoms with Crippen LogP contribution in [0.25, 0.3) is 0 Å². The molecule has 0 radical (unpaired) electrons. The molecule has 13 heavy (non-hydrogen) atoms. The highest BCUT2D eigenvalue weighted by molar-refractivity contribution is 6.27. The maximum absolute atomic E-state index is 5.47. The highest BCUT2D eigenvalue weighted by atomic mass is 35.5. The number of pyridine rings is 1. The van der Waals surface area contributed by atoms with Crippen molar-refractivity contribution in [2.24, 2.45) is 10.7 Å². The summed E-state index contributed by atoms with van der Waals surface area (Å²) in [5.74, 6) is 0.719. The van der Waals surface area contributed by atoms with Gasteiger partial charge in [-0.05, 0) is 19.1 Å². The van der Waals surface area contributed by atoms with Crippen molar-refractivity contribution < 1.29 is 0 Å². The first kappa shape index (κ1) is 9.99. The first-order chi connectivity index (χ1) is 6.22. The summed E-state index contributed by atoms with van der Waals surface area (Å²) in [5, 5.41) is 0. The monoisotopic (exact) mass is 197 g/mol. The number of nitrogens with two attached hydrogens (primary N) is 1. The lowest BCUT2D eigenvalue weighted by molar-refractivity contribution is 0.965. The van der Waals surface area contributed by atoms with Gasteiger partial charge in [0.05, 0.1) is 18.1 Å². The van der Waals surface area contributed by atoms with Gasteiger partial charge in [0.2, 0.25) is 0 Å². The highest BCUT2D eigenvalue weighted by Gasteiger charge is 1.93. The van der Waals surface area contributed by atoms with Crippen LogP contribution in [0.5, 0.6) is 0 Å². The number of hydrogen-bond acceptors (Lipinski definition) is 2. The molecule has 0 unspecified atom stereocenters. The summed E-state index contributed by atoms with van der Waals surface area (Å²) >= 11 is 5.47. The minimum atomic E-state index is 0.270. The molecule has 0 bridgehead atoms. The Labute approximate surface area is 82.6 Å². The Kier molecular flexibility index (Phi) is 3.71. The summed E-state index contributed by atoms with van der Waals surface area (Å²) in [7, 11) is 0. The molecule has 0 saturated heterocycles. The molecule has 0 aliphatic carbocycles. The maximum atomic E-state index is 5.47. The summed E-state index contributed by atoms with van der Waals surface area (Å²) in [6.45, 7) is 2.44. The summed E-state index contributed by atoms with van der Waals surface area (Å²) in [4.78, 5) is 8.33. The summed E-state index contributed by atoms with van der Waals surface area (Å²) in [5.41, 5.74) is 7.34. The van der Waals surface area contributed by atoms with Gasteiger partial charge in [-0.25, -0.2) is 0 Å². The fourth-order valence-corrected chi connectivity index (χ4v) is 0.997. The Morgan fingerprint density at radius 3 is 3.00 bits per heavy atom. The third-order valence-electron chi connectivity index (χ3n) is 1.53. The van der Waals surface area contributed by atoms with Crippen LogP contribution in [-0.2, 0) is 6.54 Å². The maximum Gasteiger partial charge on any atom is 0.109 e. The van der Waals surface area contributed by atoms with Crippen LogP contribution in [0, 0.1) is 6.92 Å². The molecule has 0 spiro atoms. The van der Waals surface area contributed by atoms with Crippen molar-refractivity contribution in [3.8, 4) is 0 Å². The van der Waals surface area contributed by atoms with E-state index < -0.39 is 0 Å². The Bertz CT molecular complexity index is 309. The quantitative estimate of drug-likeness (QED) is 0.454. The molecule has 0 atom stereocenters. The van der Waals surface area contributed by atoms with E-state index in [1.807, 2.05) is 25.1 Å². The molecule has 4 heteroatoms. The van der Waals surface area contributed by atoms with Gasteiger partial charge in [0.25, 0.3) is 0 Å². The SMILES string of the molecule is Cc1cccc(CN=C(N)CCl)n1. The third kappa shape index (κ3) is 3.42. The smallest absolute Gasteiger partial charge is 0.109 e. The van der Waals surface area contributed by atoms with Gasteiger partial charge < -0.3 is 5.73 Å². The predicted octanol–water partition coefficient (Wildman–Crippen LogP) is 1.49. The number of halogens is 1. The number of nitrogens with zero attached hydrogens (tertiary/aromatic N) is 2. The molecule has 2 N–H and O–H groups in total. The molecular formula is C9H12ClN3. The number of rotatable bonds is 3. The van der Waals surface area contributed by atoms with Gasteiger partial charge in [-0.1, -0.05) is 6.07 Å². The molecule has 0 aliphatic rings. The Morgan fingerprint density at radius 1 is 1.62 bits per heavy atom. The molecule has 1 aromatic rings. The number of aryl methyl sites for hydroxylation is 1. The van der Waals surface area contributed by atoms with Gasteiger partial charge in [-0.2, -0.15) is 0 Å². The number of alkyl halides is 1. The van der Waals surface area contributed by atoms with E-state index in [9.17, 15) is 0 Å². The topological polar surface area (TPSA) is 51.3 Å². The van der Waals surface area contributed by atoms with E-state index in [1.165, 1.54) is 0 Å². The molecule has 0 aromatic carbocycles. The van der Waals surface area contributed by atoms with Gasteiger partial charge in [0.1, 0.15) is 5.84 Å². The van der Waals surface area contributed by atoms with Crippen LogP contribution in [-0.4, -0.2) is 16.7 Å². The van der Waals surface area contributed by atoms with E-state index in [1.54, 1.807) is 0 Å². The van der Waals surface area contributed by atoms with Crippen molar-refractivity contribution in [2.75, 3.05) is 5.88 Å². The van der Waals surface area contributed by atoms with Gasteiger partial charge in [0, 0.05) is 5.69 Å². The van der Waals surface area contributed by atoms with Crippen molar-refractivity contribution in [2.45, 2.75) is 13.5 Å². The molecule has 0 amide bonds. The van der Waals surface area contributed by atoms with Crippen LogP contribution >= 0.6 is 11.6 Å². The average Bonchev–Trinajstić information content (AvgIpc) is 2.14. The Morgan fingerprint density at radius 2 is 2.38 bits per heavy atom. The van der Waals surface area contributed by atoms with Crippen LogP contribution in [0.15, 0.2) is 23.2 Å². The van der Waals surface area contributed by atoms with E-state index in [4.69, 9.17) is 17.3 Å². The highest BCUT2D eigenvalue weighted by Crippen LogP contribution is 1.99. The van der Waals surface area contributed by atoms with Crippen molar-refractivity contribution in [3.63, 3.8) is 0 Å². The van der Waals surface area contributed by atoms with Crippen molar-refractivity contribution >= 4 is 17.4 Å². The largest absolute Gasteiger partial charge is 0.386 e. The predicted molar refractivity (Wildman–Crippen MR) is 55.0 cm³/mol. The van der Waals surface area contributed by atoms with Gasteiger partial charge in [0.15, 0.2) is 0 Å². The van der Waals surface area contributed by atoms with Gasteiger partial charge >= 0.3 is 0 Å². The first-order valence-electron chi connectivity index (χ1n) is 3.99. The Balaban J connectivity index is 2.64. The zero-order valence-electron chi connectivity index (χ0n) is 7.50. The van der Waals surface area contributed by atoms with Crippen LogP contribution in [0.2, 0.25) is 0 Å². The minimum Gasteiger partial charge on any atom is -0.386 e. The van der Waals surface area contributed by atoms with Crippen molar-refractivity contribution in [1.82, 2.24) is 4.98 Å². The molecule has 1 rings (SSSR count). The lowest BCUT2D eigenvalue weighted by Gasteiger charge is -1.98. The van der Waals surface area contributed by atoms with E-state index >= 15 is 0 Å². The lowest BCUT2D eigenvalue weighted by atomic mass is 10.3. The van der Waals surface area contributed by atoms with E-state index in [-0.39, 0.29) is 5.88 Å². The lowest BCUT2D eigenvalue weighted by Crippen LogP contribution is -2.13. The number of hydrogen-bond donors (Lipinski definition) is 1. The van der Waals surface area contributed by atoms with Crippen molar-refractivity contribution in [1.29, 1.82) is 0 Å². The second-order valence-corrected chi connectivity index (χ2v) is 2.98. The van der Waals surface area contributed by atoms with Crippen LogP contribution < -0.4 is 5.73 Å². The normalized spacial score (nSPS) is 11.7. The molecule has 0 saturated carbocycles. The summed E-state index contributed by atoms with van der Waals surface area (Å²) in [6, 6.07) is 5.81. The van der Waals surface area contributed by atoms with Crippen molar-refractivity contribution in [3.05, 3.63) is 29.6 Å². The number of amidine groups is 1. The minimum absolute atomic E-state index is 0.270. The zero-order valence-corrected chi connectivity index (χ0v) is 8.25.